The summed E-state index contributed by atoms with van der Waals surface area (Å²) < 4.78 is 19.0. The van der Waals surface area contributed by atoms with Crippen molar-refractivity contribution in [3.63, 3.8) is 0 Å². The summed E-state index contributed by atoms with van der Waals surface area (Å²) in [5.41, 5.74) is 1.39. The number of nitro benzene ring substituents is 1. The second-order valence-corrected chi connectivity index (χ2v) is 7.46. The van der Waals surface area contributed by atoms with Crippen LogP contribution in [-0.2, 0) is 0 Å². The number of likely N-dealkylation sites (N-methyl/N-ethyl adjacent to an activating group) is 1. The third-order valence-corrected chi connectivity index (χ3v) is 5.60. The Hall–Kier alpha value is -3.20. The van der Waals surface area contributed by atoms with Crippen LogP contribution in [0, 0.1) is 15.9 Å². The van der Waals surface area contributed by atoms with Crippen molar-refractivity contribution < 1.29 is 18.8 Å². The SMILES string of the molecule is CCN1CCN(c2ccc(F)cc2C(C)NC(=O)c2ccc(OC)c([N+](=O)[O-])c2)CC1. The van der Waals surface area contributed by atoms with Gasteiger partial charge in [0.05, 0.1) is 18.1 Å². The molecule has 1 aliphatic rings. The first-order chi connectivity index (χ1) is 14.8. The Morgan fingerprint density at radius 3 is 2.55 bits per heavy atom. The van der Waals surface area contributed by atoms with E-state index < -0.39 is 16.9 Å². The van der Waals surface area contributed by atoms with Crippen LogP contribution in [0.1, 0.15) is 35.8 Å². The lowest BCUT2D eigenvalue weighted by Crippen LogP contribution is -2.46. The summed E-state index contributed by atoms with van der Waals surface area (Å²) in [5, 5.41) is 14.1. The minimum Gasteiger partial charge on any atom is -0.490 e. The van der Waals surface area contributed by atoms with E-state index in [-0.39, 0.29) is 22.8 Å². The van der Waals surface area contributed by atoms with Crippen LogP contribution in [0.3, 0.4) is 0 Å². The number of ether oxygens (including phenoxy) is 1. The molecule has 1 amide bonds. The third-order valence-electron chi connectivity index (χ3n) is 5.60. The standard InChI is InChI=1S/C22H27FN4O4/c1-4-25-9-11-26(12-10-25)19-7-6-17(23)14-18(19)15(2)24-22(28)16-5-8-21(31-3)20(13-16)27(29)30/h5-8,13-15H,4,9-12H2,1-3H3,(H,24,28). The number of piperazine rings is 1. The van der Waals surface area contributed by atoms with Crippen LogP contribution in [0.2, 0.25) is 0 Å². The monoisotopic (exact) mass is 430 g/mol. The summed E-state index contributed by atoms with van der Waals surface area (Å²) in [6.07, 6.45) is 0. The zero-order valence-electron chi connectivity index (χ0n) is 17.9. The van der Waals surface area contributed by atoms with Gasteiger partial charge in [-0.3, -0.25) is 14.9 Å². The van der Waals surface area contributed by atoms with Gasteiger partial charge in [-0.1, -0.05) is 6.92 Å². The first kappa shape index (κ1) is 22.5. The normalized spacial score (nSPS) is 15.4. The lowest BCUT2D eigenvalue weighted by Gasteiger charge is -2.37. The van der Waals surface area contributed by atoms with Gasteiger partial charge in [-0.15, -0.1) is 0 Å². The molecule has 1 saturated heterocycles. The van der Waals surface area contributed by atoms with Crippen molar-refractivity contribution in [2.75, 3.05) is 44.7 Å². The molecule has 0 spiro atoms. The van der Waals surface area contributed by atoms with Gasteiger partial charge in [0.1, 0.15) is 5.82 Å². The molecule has 9 heteroatoms. The molecule has 31 heavy (non-hydrogen) atoms. The van der Waals surface area contributed by atoms with Crippen LogP contribution >= 0.6 is 0 Å². The Balaban J connectivity index is 1.81. The molecule has 2 aromatic rings. The van der Waals surface area contributed by atoms with E-state index in [9.17, 15) is 19.3 Å². The number of carbonyl (C=O) groups excluding carboxylic acids is 1. The molecule has 3 rings (SSSR count). The summed E-state index contributed by atoms with van der Waals surface area (Å²) in [6, 6.07) is 8.13. The highest BCUT2D eigenvalue weighted by atomic mass is 19.1. The van der Waals surface area contributed by atoms with E-state index in [1.807, 2.05) is 0 Å². The molecule has 2 aromatic carbocycles. The van der Waals surface area contributed by atoms with Crippen molar-refractivity contribution in [2.24, 2.45) is 0 Å². The highest BCUT2D eigenvalue weighted by Crippen LogP contribution is 2.30. The summed E-state index contributed by atoms with van der Waals surface area (Å²) in [6.45, 7) is 8.36. The van der Waals surface area contributed by atoms with Crippen LogP contribution in [-0.4, -0.2) is 55.6 Å². The number of anilines is 1. The van der Waals surface area contributed by atoms with E-state index in [1.54, 1.807) is 13.0 Å². The van der Waals surface area contributed by atoms with Crippen LogP contribution in [0.4, 0.5) is 15.8 Å². The van der Waals surface area contributed by atoms with E-state index in [0.717, 1.165) is 38.4 Å². The predicted molar refractivity (Wildman–Crippen MR) is 116 cm³/mol. The molecule has 1 N–H and O–H groups in total. The number of rotatable bonds is 7. The lowest BCUT2D eigenvalue weighted by atomic mass is 10.0. The number of hydrogen-bond donors (Lipinski definition) is 1. The number of nitrogens with zero attached hydrogens (tertiary/aromatic N) is 3. The number of methoxy groups -OCH3 is 1. The summed E-state index contributed by atoms with van der Waals surface area (Å²) in [4.78, 5) is 28.0. The Kier molecular flexibility index (Phi) is 7.06. The molecule has 1 atom stereocenters. The number of benzene rings is 2. The van der Waals surface area contributed by atoms with Gasteiger partial charge in [-0.2, -0.15) is 0 Å². The molecular weight excluding hydrogens is 403 g/mol. The van der Waals surface area contributed by atoms with E-state index in [4.69, 9.17) is 4.74 Å². The molecule has 1 fully saturated rings. The molecule has 0 aromatic heterocycles. The fraction of sp³-hybridized carbons (Fsp3) is 0.409. The van der Waals surface area contributed by atoms with Gasteiger partial charge in [0.25, 0.3) is 5.91 Å². The average Bonchev–Trinajstić information content (AvgIpc) is 2.78. The number of nitro groups is 1. The van der Waals surface area contributed by atoms with Crippen molar-refractivity contribution in [2.45, 2.75) is 19.9 Å². The van der Waals surface area contributed by atoms with Crippen molar-refractivity contribution in [3.8, 4) is 5.75 Å². The maximum atomic E-state index is 14.0. The van der Waals surface area contributed by atoms with E-state index in [1.165, 1.54) is 37.4 Å². The molecule has 0 aliphatic carbocycles. The maximum Gasteiger partial charge on any atom is 0.311 e. The largest absolute Gasteiger partial charge is 0.490 e. The van der Waals surface area contributed by atoms with Gasteiger partial charge in [-0.05, 0) is 43.8 Å². The third kappa shape index (κ3) is 5.11. The van der Waals surface area contributed by atoms with Gasteiger partial charge >= 0.3 is 5.69 Å². The topological polar surface area (TPSA) is 88.0 Å². The second-order valence-electron chi connectivity index (χ2n) is 7.46. The molecule has 1 heterocycles. The molecule has 1 aliphatic heterocycles. The van der Waals surface area contributed by atoms with Gasteiger partial charge in [0.2, 0.25) is 0 Å². The van der Waals surface area contributed by atoms with Crippen molar-refractivity contribution in [3.05, 3.63) is 63.5 Å². The zero-order chi connectivity index (χ0) is 22.5. The fourth-order valence-electron chi connectivity index (χ4n) is 3.80. The first-order valence-corrected chi connectivity index (χ1v) is 10.2. The number of amides is 1. The van der Waals surface area contributed by atoms with Gasteiger partial charge in [0.15, 0.2) is 5.75 Å². The number of hydrogen-bond acceptors (Lipinski definition) is 6. The van der Waals surface area contributed by atoms with Gasteiger partial charge in [0, 0.05) is 49.1 Å². The van der Waals surface area contributed by atoms with E-state index >= 15 is 0 Å². The Bertz CT molecular complexity index is 961. The molecular formula is C22H27FN4O4. The number of halogens is 1. The minimum atomic E-state index is -0.598. The van der Waals surface area contributed by atoms with E-state index in [0.29, 0.717) is 5.56 Å². The van der Waals surface area contributed by atoms with Crippen molar-refractivity contribution in [1.29, 1.82) is 0 Å². The fourth-order valence-corrected chi connectivity index (χ4v) is 3.80. The molecule has 0 saturated carbocycles. The molecule has 0 radical (unpaired) electrons. The Morgan fingerprint density at radius 1 is 1.23 bits per heavy atom. The number of carbonyl (C=O) groups is 1. The van der Waals surface area contributed by atoms with Crippen molar-refractivity contribution in [1.82, 2.24) is 10.2 Å². The second kappa shape index (κ2) is 9.74. The Labute approximate surface area is 180 Å². The highest BCUT2D eigenvalue weighted by molar-refractivity contribution is 5.95. The van der Waals surface area contributed by atoms with Crippen LogP contribution in [0.5, 0.6) is 5.75 Å². The van der Waals surface area contributed by atoms with Crippen LogP contribution in [0.25, 0.3) is 0 Å². The van der Waals surface area contributed by atoms with Gasteiger partial charge in [-0.25, -0.2) is 4.39 Å². The quantitative estimate of drug-likeness (QED) is 0.535. The number of nitrogens with one attached hydrogen (secondary N) is 1. The lowest BCUT2D eigenvalue weighted by molar-refractivity contribution is -0.385. The smallest absolute Gasteiger partial charge is 0.311 e. The summed E-state index contributed by atoms with van der Waals surface area (Å²) >= 11 is 0. The average molecular weight is 430 g/mol. The van der Waals surface area contributed by atoms with Crippen LogP contribution in [0.15, 0.2) is 36.4 Å². The highest BCUT2D eigenvalue weighted by Gasteiger charge is 2.23. The van der Waals surface area contributed by atoms with Crippen molar-refractivity contribution >= 4 is 17.3 Å². The maximum absolute atomic E-state index is 14.0. The molecule has 1 unspecified atom stereocenters. The Morgan fingerprint density at radius 2 is 1.94 bits per heavy atom. The molecule has 166 valence electrons. The van der Waals surface area contributed by atoms with Crippen LogP contribution < -0.4 is 15.0 Å². The van der Waals surface area contributed by atoms with Gasteiger partial charge < -0.3 is 19.9 Å². The van der Waals surface area contributed by atoms with E-state index in [2.05, 4.69) is 22.0 Å². The minimum absolute atomic E-state index is 0.0771. The zero-order valence-corrected chi connectivity index (χ0v) is 17.9. The predicted octanol–water partition coefficient (Wildman–Crippen LogP) is 3.38. The first-order valence-electron chi connectivity index (χ1n) is 10.2. The summed E-state index contributed by atoms with van der Waals surface area (Å²) in [7, 11) is 1.33. The summed E-state index contributed by atoms with van der Waals surface area (Å²) in [5.74, 6) is -0.787. The molecule has 8 nitrogen and oxygen atoms in total. The molecule has 0 bridgehead atoms.